The summed E-state index contributed by atoms with van der Waals surface area (Å²) >= 11 is 0. The number of nitrogens with zero attached hydrogens (tertiary/aromatic N) is 3. The second-order valence-electron chi connectivity index (χ2n) is 8.26. The molecule has 2 aromatic rings. The first kappa shape index (κ1) is 24.5. The zero-order chi connectivity index (χ0) is 21.0. The number of rotatable bonds is 7. The lowest BCUT2D eigenvalue weighted by Gasteiger charge is -2.37. The molecule has 6 nitrogen and oxygen atoms in total. The highest BCUT2D eigenvalue weighted by molar-refractivity contribution is 14.0. The Hall–Kier alpha value is -1.74. The highest BCUT2D eigenvalue weighted by Gasteiger charge is 2.33. The lowest BCUT2D eigenvalue weighted by molar-refractivity contribution is -0.0946. The van der Waals surface area contributed by atoms with Crippen LogP contribution < -0.4 is 10.1 Å². The average Bonchev–Trinajstić information content (AvgIpc) is 2.96. The van der Waals surface area contributed by atoms with Gasteiger partial charge in [0.2, 0.25) is 0 Å². The maximum atomic E-state index is 5.36. The van der Waals surface area contributed by atoms with E-state index >= 15 is 0 Å². The van der Waals surface area contributed by atoms with Crippen LogP contribution >= 0.6 is 24.0 Å². The van der Waals surface area contributed by atoms with Crippen molar-refractivity contribution in [2.75, 3.05) is 40.5 Å². The van der Waals surface area contributed by atoms with E-state index in [1.54, 1.807) is 7.11 Å². The monoisotopic (exact) mass is 526 g/mol. The van der Waals surface area contributed by atoms with Crippen LogP contribution in [-0.4, -0.2) is 55.9 Å². The van der Waals surface area contributed by atoms with E-state index in [2.05, 4.69) is 67.7 Å². The molecule has 2 heterocycles. The fraction of sp³-hybridized carbons (Fsp3) is 0.522. The third kappa shape index (κ3) is 5.49. The summed E-state index contributed by atoms with van der Waals surface area (Å²) in [7, 11) is 3.79. The van der Waals surface area contributed by atoms with Crippen LogP contribution in [0.2, 0.25) is 0 Å². The first-order valence-corrected chi connectivity index (χ1v) is 10.3. The molecule has 1 aromatic heterocycles. The van der Waals surface area contributed by atoms with Crippen molar-refractivity contribution in [2.24, 2.45) is 10.4 Å². The van der Waals surface area contributed by atoms with Gasteiger partial charge in [-0.3, -0.25) is 4.99 Å². The van der Waals surface area contributed by atoms with Gasteiger partial charge in [-0.2, -0.15) is 0 Å². The molecule has 0 radical (unpaired) electrons. The van der Waals surface area contributed by atoms with Crippen LogP contribution in [0.3, 0.4) is 0 Å². The van der Waals surface area contributed by atoms with E-state index in [1.807, 2.05) is 12.1 Å². The third-order valence-electron chi connectivity index (χ3n) is 5.48. The normalized spacial score (nSPS) is 15.2. The van der Waals surface area contributed by atoms with Crippen molar-refractivity contribution in [1.29, 1.82) is 0 Å². The van der Waals surface area contributed by atoms with E-state index in [0.29, 0.717) is 0 Å². The predicted molar refractivity (Wildman–Crippen MR) is 134 cm³/mol. The zero-order valence-electron chi connectivity index (χ0n) is 19.0. The van der Waals surface area contributed by atoms with Crippen molar-refractivity contribution in [1.82, 2.24) is 14.8 Å². The number of benzene rings is 1. The number of hydrogen-bond acceptors (Lipinski definition) is 3. The molecule has 166 valence electrons. The van der Waals surface area contributed by atoms with E-state index in [0.717, 1.165) is 50.2 Å². The summed E-state index contributed by atoms with van der Waals surface area (Å²) < 4.78 is 12.9. The average molecular weight is 526 g/mol. The van der Waals surface area contributed by atoms with Gasteiger partial charge >= 0.3 is 0 Å². The maximum absolute atomic E-state index is 5.36. The third-order valence-corrected chi connectivity index (χ3v) is 5.48. The summed E-state index contributed by atoms with van der Waals surface area (Å²) in [5.41, 5.74) is 5.08. The van der Waals surface area contributed by atoms with Crippen LogP contribution in [-0.2, 0) is 11.3 Å². The highest BCUT2D eigenvalue weighted by Crippen LogP contribution is 2.27. The standard InChI is InChI=1S/C23H34N4O2.HI/c1-7-24-22(25-14-23(4)15-29-16-23)26(5)13-19-12-17(2)27(18(19)3)20-8-10-21(28-6)11-9-20;/h8-12H,7,13-16H2,1-6H3,(H,24,25);1H. The van der Waals surface area contributed by atoms with Crippen LogP contribution in [0.25, 0.3) is 5.69 Å². The summed E-state index contributed by atoms with van der Waals surface area (Å²) in [4.78, 5) is 7.07. The van der Waals surface area contributed by atoms with Crippen molar-refractivity contribution >= 4 is 29.9 Å². The van der Waals surface area contributed by atoms with Gasteiger partial charge in [-0.05, 0) is 56.7 Å². The van der Waals surface area contributed by atoms with Gasteiger partial charge in [-0.25, -0.2) is 0 Å². The van der Waals surface area contributed by atoms with E-state index in [4.69, 9.17) is 14.5 Å². The van der Waals surface area contributed by atoms with Crippen molar-refractivity contribution in [3.63, 3.8) is 0 Å². The molecular formula is C23H35IN4O2. The number of halogens is 1. The fourth-order valence-corrected chi connectivity index (χ4v) is 3.73. The first-order chi connectivity index (χ1) is 13.9. The van der Waals surface area contributed by atoms with E-state index < -0.39 is 0 Å². The molecule has 0 amide bonds. The quantitative estimate of drug-likeness (QED) is 0.335. The number of aryl methyl sites for hydroxylation is 1. The molecule has 0 bridgehead atoms. The summed E-state index contributed by atoms with van der Waals surface area (Å²) in [5, 5.41) is 3.42. The number of nitrogens with one attached hydrogen (secondary N) is 1. The van der Waals surface area contributed by atoms with Gasteiger partial charge in [0.1, 0.15) is 5.75 Å². The van der Waals surface area contributed by atoms with Crippen molar-refractivity contribution in [2.45, 2.75) is 34.2 Å². The maximum Gasteiger partial charge on any atom is 0.193 e. The molecule has 3 rings (SSSR count). The Bertz CT molecular complexity index is 857. The molecule has 30 heavy (non-hydrogen) atoms. The molecule has 0 spiro atoms. The Morgan fingerprint density at radius 1 is 1.27 bits per heavy atom. The molecule has 1 saturated heterocycles. The Kier molecular flexibility index (Phi) is 8.61. The number of methoxy groups -OCH3 is 1. The smallest absolute Gasteiger partial charge is 0.193 e. The fourth-order valence-electron chi connectivity index (χ4n) is 3.73. The molecule has 0 saturated carbocycles. The Balaban J connectivity index is 0.00000320. The molecule has 1 aromatic carbocycles. The molecule has 1 N–H and O–H groups in total. The second-order valence-corrected chi connectivity index (χ2v) is 8.26. The van der Waals surface area contributed by atoms with Crippen LogP contribution in [0.15, 0.2) is 35.3 Å². The molecular weight excluding hydrogens is 491 g/mol. The van der Waals surface area contributed by atoms with Gasteiger partial charge in [0.25, 0.3) is 0 Å². The van der Waals surface area contributed by atoms with Crippen molar-refractivity contribution in [3.05, 3.63) is 47.3 Å². The van der Waals surface area contributed by atoms with Crippen LogP contribution in [0.1, 0.15) is 30.8 Å². The van der Waals surface area contributed by atoms with Gasteiger partial charge in [0.05, 0.1) is 26.9 Å². The summed E-state index contributed by atoms with van der Waals surface area (Å²) in [6, 6.07) is 10.5. The van der Waals surface area contributed by atoms with Crippen molar-refractivity contribution < 1.29 is 9.47 Å². The van der Waals surface area contributed by atoms with E-state index in [-0.39, 0.29) is 29.4 Å². The molecule has 7 heteroatoms. The van der Waals surface area contributed by atoms with E-state index in [9.17, 15) is 0 Å². The lowest BCUT2D eigenvalue weighted by Crippen LogP contribution is -2.44. The highest BCUT2D eigenvalue weighted by atomic mass is 127. The number of aliphatic imine (C=N–C) groups is 1. The summed E-state index contributed by atoms with van der Waals surface area (Å²) in [6.07, 6.45) is 0. The number of guanidine groups is 1. The Morgan fingerprint density at radius 2 is 1.93 bits per heavy atom. The van der Waals surface area contributed by atoms with Gasteiger partial charge in [-0.15, -0.1) is 24.0 Å². The number of hydrogen-bond donors (Lipinski definition) is 1. The molecule has 1 aliphatic rings. The predicted octanol–water partition coefficient (Wildman–Crippen LogP) is 4.15. The second kappa shape index (κ2) is 10.5. The van der Waals surface area contributed by atoms with E-state index in [1.165, 1.54) is 17.0 Å². The lowest BCUT2D eigenvalue weighted by atomic mass is 9.89. The zero-order valence-corrected chi connectivity index (χ0v) is 21.3. The topological polar surface area (TPSA) is 51.0 Å². The van der Waals surface area contributed by atoms with Gasteiger partial charge < -0.3 is 24.3 Å². The number of aromatic nitrogens is 1. The molecule has 1 aliphatic heterocycles. The van der Waals surface area contributed by atoms with Gasteiger partial charge in [0, 0.05) is 42.6 Å². The van der Waals surface area contributed by atoms with Gasteiger partial charge in [-0.1, -0.05) is 6.92 Å². The Labute approximate surface area is 197 Å². The van der Waals surface area contributed by atoms with Crippen LogP contribution in [0.4, 0.5) is 0 Å². The molecule has 0 aliphatic carbocycles. The minimum Gasteiger partial charge on any atom is -0.497 e. The summed E-state index contributed by atoms with van der Waals surface area (Å²) in [6.45, 7) is 12.7. The number of ether oxygens (including phenoxy) is 2. The minimum atomic E-state index is 0. The molecule has 0 atom stereocenters. The molecule has 1 fully saturated rings. The minimum absolute atomic E-state index is 0. The SMILES string of the molecule is CCNC(=NCC1(C)COC1)N(C)Cc1cc(C)n(-c2ccc(OC)cc2)c1C.I. The van der Waals surface area contributed by atoms with Crippen molar-refractivity contribution in [3.8, 4) is 11.4 Å². The van der Waals surface area contributed by atoms with Crippen LogP contribution in [0.5, 0.6) is 5.75 Å². The largest absolute Gasteiger partial charge is 0.497 e. The summed E-state index contributed by atoms with van der Waals surface area (Å²) in [5.74, 6) is 1.81. The Morgan fingerprint density at radius 3 is 2.47 bits per heavy atom. The molecule has 0 unspecified atom stereocenters. The van der Waals surface area contributed by atoms with Crippen LogP contribution in [0, 0.1) is 19.3 Å². The first-order valence-electron chi connectivity index (χ1n) is 10.3. The van der Waals surface area contributed by atoms with Gasteiger partial charge in [0.15, 0.2) is 5.96 Å².